The Morgan fingerprint density at radius 2 is 1.93 bits per heavy atom. The third kappa shape index (κ3) is 8.23. The summed E-state index contributed by atoms with van der Waals surface area (Å²) in [5.41, 5.74) is 0.336. The van der Waals surface area contributed by atoms with Gasteiger partial charge in [0.25, 0.3) is 0 Å². The summed E-state index contributed by atoms with van der Waals surface area (Å²) < 4.78 is 5.15. The van der Waals surface area contributed by atoms with Gasteiger partial charge in [0.2, 0.25) is 0 Å². The highest BCUT2D eigenvalue weighted by Gasteiger charge is 2.20. The van der Waals surface area contributed by atoms with Crippen LogP contribution in [0.15, 0.2) is 0 Å². The van der Waals surface area contributed by atoms with Crippen molar-refractivity contribution in [3.63, 3.8) is 0 Å². The topological polar surface area (TPSA) is 12.5 Å². The fraction of sp³-hybridized carbons (Fsp3) is 1.00. The smallest absolute Gasteiger partial charge is 0.0589 e. The fourth-order valence-electron chi connectivity index (χ4n) is 1.62. The van der Waals surface area contributed by atoms with Crippen LogP contribution in [0.3, 0.4) is 0 Å². The minimum atomic E-state index is 0.336. The number of methoxy groups -OCH3 is 1. The maximum atomic E-state index is 5.15. The van der Waals surface area contributed by atoms with Crippen molar-refractivity contribution in [3.8, 4) is 0 Å². The lowest BCUT2D eigenvalue weighted by Crippen LogP contribution is -2.39. The lowest BCUT2D eigenvalue weighted by Gasteiger charge is -2.32. The van der Waals surface area contributed by atoms with E-state index in [4.69, 9.17) is 4.74 Å². The summed E-state index contributed by atoms with van der Waals surface area (Å²) in [7, 11) is 1.77. The Labute approximate surface area is 103 Å². The van der Waals surface area contributed by atoms with Crippen molar-refractivity contribution in [3.05, 3.63) is 0 Å². The molecule has 0 amide bonds. The second-order valence-corrected chi connectivity index (χ2v) is 5.98. The number of hydrogen-bond donors (Lipinski definition) is 0. The van der Waals surface area contributed by atoms with Crippen LogP contribution in [-0.4, -0.2) is 43.6 Å². The summed E-state index contributed by atoms with van der Waals surface area (Å²) in [5.74, 6) is 0.716. The second kappa shape index (κ2) is 7.64. The molecule has 0 atom stereocenters. The van der Waals surface area contributed by atoms with Crippen LogP contribution in [0.25, 0.3) is 0 Å². The number of rotatable bonds is 8. The van der Waals surface area contributed by atoms with Gasteiger partial charge in [-0.1, -0.05) is 43.6 Å². The zero-order valence-corrected chi connectivity index (χ0v) is 12.4. The summed E-state index contributed by atoms with van der Waals surface area (Å²) in [4.78, 5) is 2.50. The zero-order valence-electron chi connectivity index (χ0n) is 10.8. The SMILES string of the molecule is COCCN(CC(C)C)CC(C)(C)CBr. The molecule has 0 aliphatic rings. The van der Waals surface area contributed by atoms with Crippen molar-refractivity contribution < 1.29 is 4.74 Å². The van der Waals surface area contributed by atoms with E-state index in [0.717, 1.165) is 31.6 Å². The van der Waals surface area contributed by atoms with Gasteiger partial charge < -0.3 is 9.64 Å². The predicted octanol–water partition coefficient (Wildman–Crippen LogP) is 3.01. The monoisotopic (exact) mass is 279 g/mol. The van der Waals surface area contributed by atoms with Crippen LogP contribution in [0.4, 0.5) is 0 Å². The Balaban J connectivity index is 4.10. The van der Waals surface area contributed by atoms with E-state index in [1.807, 2.05) is 0 Å². The van der Waals surface area contributed by atoms with Crippen molar-refractivity contribution in [1.82, 2.24) is 4.90 Å². The standard InChI is InChI=1S/C12H26BrNO/c1-11(2)8-14(6-7-15-5)10-12(3,4)9-13/h11H,6-10H2,1-5H3. The van der Waals surface area contributed by atoms with Gasteiger partial charge in [-0.05, 0) is 11.3 Å². The van der Waals surface area contributed by atoms with E-state index < -0.39 is 0 Å². The summed E-state index contributed by atoms with van der Waals surface area (Å²) in [6.45, 7) is 13.3. The van der Waals surface area contributed by atoms with E-state index in [2.05, 4.69) is 48.5 Å². The first-order valence-electron chi connectivity index (χ1n) is 5.68. The van der Waals surface area contributed by atoms with Gasteiger partial charge in [-0.3, -0.25) is 0 Å². The number of nitrogens with zero attached hydrogens (tertiary/aromatic N) is 1. The second-order valence-electron chi connectivity index (χ2n) is 5.42. The first-order chi connectivity index (χ1) is 6.91. The first-order valence-corrected chi connectivity index (χ1v) is 6.80. The van der Waals surface area contributed by atoms with E-state index >= 15 is 0 Å². The number of ether oxygens (including phenoxy) is 1. The summed E-state index contributed by atoms with van der Waals surface area (Å²) >= 11 is 3.58. The summed E-state index contributed by atoms with van der Waals surface area (Å²) in [6.07, 6.45) is 0. The van der Waals surface area contributed by atoms with Gasteiger partial charge in [-0.15, -0.1) is 0 Å². The Morgan fingerprint density at radius 3 is 2.33 bits per heavy atom. The Bertz CT molecular complexity index is 160. The van der Waals surface area contributed by atoms with E-state index in [9.17, 15) is 0 Å². The molecule has 15 heavy (non-hydrogen) atoms. The van der Waals surface area contributed by atoms with Crippen molar-refractivity contribution >= 4 is 15.9 Å². The van der Waals surface area contributed by atoms with E-state index in [1.165, 1.54) is 0 Å². The van der Waals surface area contributed by atoms with Gasteiger partial charge in [-0.25, -0.2) is 0 Å². The van der Waals surface area contributed by atoms with Gasteiger partial charge in [0, 0.05) is 32.1 Å². The lowest BCUT2D eigenvalue weighted by molar-refractivity contribution is 0.116. The molecule has 0 aromatic rings. The molecule has 0 aromatic carbocycles. The molecule has 0 aromatic heterocycles. The van der Waals surface area contributed by atoms with Gasteiger partial charge in [-0.2, -0.15) is 0 Å². The van der Waals surface area contributed by atoms with Crippen LogP contribution in [0.2, 0.25) is 0 Å². The Hall–Kier alpha value is 0.400. The van der Waals surface area contributed by atoms with Gasteiger partial charge >= 0.3 is 0 Å². The molecule has 0 bridgehead atoms. The highest BCUT2D eigenvalue weighted by atomic mass is 79.9. The van der Waals surface area contributed by atoms with Crippen molar-refractivity contribution in [2.45, 2.75) is 27.7 Å². The zero-order chi connectivity index (χ0) is 11.9. The highest BCUT2D eigenvalue weighted by Crippen LogP contribution is 2.20. The maximum Gasteiger partial charge on any atom is 0.0589 e. The normalized spacial score (nSPS) is 12.8. The molecule has 0 heterocycles. The molecular weight excluding hydrogens is 254 g/mol. The minimum absolute atomic E-state index is 0.336. The maximum absolute atomic E-state index is 5.15. The van der Waals surface area contributed by atoms with Crippen molar-refractivity contribution in [1.29, 1.82) is 0 Å². The fourth-order valence-corrected chi connectivity index (χ4v) is 1.80. The highest BCUT2D eigenvalue weighted by molar-refractivity contribution is 9.09. The predicted molar refractivity (Wildman–Crippen MR) is 70.7 cm³/mol. The van der Waals surface area contributed by atoms with Gasteiger partial charge in [0.05, 0.1) is 6.61 Å². The third-order valence-corrected chi connectivity index (χ3v) is 3.77. The molecule has 0 unspecified atom stereocenters. The lowest BCUT2D eigenvalue weighted by atomic mass is 9.95. The molecule has 0 rings (SSSR count). The molecule has 0 saturated heterocycles. The van der Waals surface area contributed by atoms with E-state index in [-0.39, 0.29) is 0 Å². The molecule has 0 saturated carbocycles. The average molecular weight is 280 g/mol. The molecule has 0 aliphatic heterocycles. The summed E-state index contributed by atoms with van der Waals surface area (Å²) in [6, 6.07) is 0. The Kier molecular flexibility index (Phi) is 7.84. The van der Waals surface area contributed by atoms with Crippen LogP contribution in [0, 0.1) is 11.3 Å². The van der Waals surface area contributed by atoms with Crippen molar-refractivity contribution in [2.24, 2.45) is 11.3 Å². The molecule has 0 N–H and O–H groups in total. The molecule has 92 valence electrons. The van der Waals surface area contributed by atoms with Crippen LogP contribution < -0.4 is 0 Å². The molecular formula is C12H26BrNO. The minimum Gasteiger partial charge on any atom is -0.383 e. The average Bonchev–Trinajstić information content (AvgIpc) is 2.13. The van der Waals surface area contributed by atoms with Crippen molar-refractivity contribution in [2.75, 3.05) is 38.7 Å². The van der Waals surface area contributed by atoms with Gasteiger partial charge in [0.15, 0.2) is 0 Å². The van der Waals surface area contributed by atoms with E-state index in [0.29, 0.717) is 11.3 Å². The molecule has 0 radical (unpaired) electrons. The first kappa shape index (κ1) is 15.4. The van der Waals surface area contributed by atoms with Crippen LogP contribution in [-0.2, 0) is 4.74 Å². The number of hydrogen-bond acceptors (Lipinski definition) is 2. The third-order valence-electron chi connectivity index (χ3n) is 2.25. The summed E-state index contributed by atoms with van der Waals surface area (Å²) in [5, 5.41) is 1.04. The molecule has 2 nitrogen and oxygen atoms in total. The van der Waals surface area contributed by atoms with E-state index in [1.54, 1.807) is 7.11 Å². The van der Waals surface area contributed by atoms with Gasteiger partial charge in [0.1, 0.15) is 0 Å². The Morgan fingerprint density at radius 1 is 1.33 bits per heavy atom. The largest absolute Gasteiger partial charge is 0.383 e. The van der Waals surface area contributed by atoms with Crippen LogP contribution in [0.1, 0.15) is 27.7 Å². The number of alkyl halides is 1. The molecule has 0 fully saturated rings. The molecule has 3 heteroatoms. The molecule has 0 aliphatic carbocycles. The number of halogens is 1. The van der Waals surface area contributed by atoms with Crippen LogP contribution >= 0.6 is 15.9 Å². The molecule has 0 spiro atoms. The van der Waals surface area contributed by atoms with Crippen LogP contribution in [0.5, 0.6) is 0 Å². The quantitative estimate of drug-likeness (QED) is 0.634.